The first kappa shape index (κ1) is 23.9. The van der Waals surface area contributed by atoms with E-state index in [2.05, 4.69) is 13.8 Å². The van der Waals surface area contributed by atoms with Crippen LogP contribution in [-0.2, 0) is 19.1 Å². The molecule has 1 unspecified atom stereocenters. The summed E-state index contributed by atoms with van der Waals surface area (Å²) >= 11 is 0. The third-order valence-electron chi connectivity index (χ3n) is 4.73. The van der Waals surface area contributed by atoms with Crippen LogP contribution in [0.25, 0.3) is 0 Å². The van der Waals surface area contributed by atoms with Gasteiger partial charge in [0.2, 0.25) is 0 Å². The number of carbonyl (C=O) groups is 2. The van der Waals surface area contributed by atoms with Crippen LogP contribution in [0.2, 0.25) is 0 Å². The SMILES string of the molecule is CCOC(=O)CCCCCCCCCC(CCC(=O)OCC)C(C)C. The fraction of sp³-hybridized carbons (Fsp3) is 0.905. The highest BCUT2D eigenvalue weighted by molar-refractivity contribution is 5.69. The maximum atomic E-state index is 11.5. The Bertz CT molecular complexity index is 339. The van der Waals surface area contributed by atoms with Crippen molar-refractivity contribution in [2.75, 3.05) is 13.2 Å². The summed E-state index contributed by atoms with van der Waals surface area (Å²) in [5.74, 6) is 1.12. The minimum absolute atomic E-state index is 0.0593. The van der Waals surface area contributed by atoms with Gasteiger partial charge in [0.15, 0.2) is 0 Å². The molecule has 0 saturated heterocycles. The Morgan fingerprint density at radius 1 is 0.680 bits per heavy atom. The predicted octanol–water partition coefficient (Wildman–Crippen LogP) is 5.68. The fourth-order valence-corrected chi connectivity index (χ4v) is 3.14. The van der Waals surface area contributed by atoms with E-state index in [9.17, 15) is 9.59 Å². The summed E-state index contributed by atoms with van der Waals surface area (Å²) in [6.45, 7) is 9.16. The van der Waals surface area contributed by atoms with Gasteiger partial charge in [-0.25, -0.2) is 0 Å². The number of hydrogen-bond donors (Lipinski definition) is 0. The molecule has 0 rings (SSSR count). The topological polar surface area (TPSA) is 52.6 Å². The highest BCUT2D eigenvalue weighted by atomic mass is 16.5. The molecule has 0 aromatic heterocycles. The van der Waals surface area contributed by atoms with Gasteiger partial charge in [-0.15, -0.1) is 0 Å². The van der Waals surface area contributed by atoms with Crippen molar-refractivity contribution in [2.45, 2.75) is 98.3 Å². The molecule has 4 nitrogen and oxygen atoms in total. The molecule has 148 valence electrons. The Kier molecular flexibility index (Phi) is 15.7. The first-order chi connectivity index (χ1) is 12.0. The van der Waals surface area contributed by atoms with Crippen molar-refractivity contribution in [2.24, 2.45) is 11.8 Å². The summed E-state index contributed by atoms with van der Waals surface area (Å²) in [4.78, 5) is 22.7. The average molecular weight is 357 g/mol. The summed E-state index contributed by atoms with van der Waals surface area (Å²) in [7, 11) is 0. The molecule has 0 aromatic carbocycles. The predicted molar refractivity (Wildman–Crippen MR) is 102 cm³/mol. The normalized spacial score (nSPS) is 12.2. The molecule has 25 heavy (non-hydrogen) atoms. The van der Waals surface area contributed by atoms with E-state index >= 15 is 0 Å². The smallest absolute Gasteiger partial charge is 0.305 e. The van der Waals surface area contributed by atoms with Crippen LogP contribution in [0.3, 0.4) is 0 Å². The van der Waals surface area contributed by atoms with Gasteiger partial charge in [0.05, 0.1) is 13.2 Å². The van der Waals surface area contributed by atoms with Gasteiger partial charge < -0.3 is 9.47 Å². The third-order valence-corrected chi connectivity index (χ3v) is 4.73. The Balaban J connectivity index is 3.59. The minimum atomic E-state index is -0.0648. The summed E-state index contributed by atoms with van der Waals surface area (Å²) in [6, 6.07) is 0. The zero-order valence-corrected chi connectivity index (χ0v) is 17.0. The van der Waals surface area contributed by atoms with Crippen molar-refractivity contribution in [3.8, 4) is 0 Å². The van der Waals surface area contributed by atoms with E-state index in [0.29, 0.717) is 37.9 Å². The number of hydrogen-bond acceptors (Lipinski definition) is 4. The van der Waals surface area contributed by atoms with Gasteiger partial charge in [0.25, 0.3) is 0 Å². The molecular formula is C21H40O4. The fourth-order valence-electron chi connectivity index (χ4n) is 3.14. The molecule has 0 aliphatic heterocycles. The Labute approximate surface area is 155 Å². The Morgan fingerprint density at radius 3 is 1.68 bits per heavy atom. The molecule has 0 saturated carbocycles. The number of ether oxygens (including phenoxy) is 2. The van der Waals surface area contributed by atoms with Gasteiger partial charge in [-0.2, -0.15) is 0 Å². The first-order valence-corrected chi connectivity index (χ1v) is 10.3. The average Bonchev–Trinajstić information content (AvgIpc) is 2.56. The van der Waals surface area contributed by atoms with E-state index in [4.69, 9.17) is 9.47 Å². The van der Waals surface area contributed by atoms with E-state index in [-0.39, 0.29) is 11.9 Å². The van der Waals surface area contributed by atoms with E-state index in [1.165, 1.54) is 38.5 Å². The molecule has 0 aliphatic carbocycles. The van der Waals surface area contributed by atoms with Gasteiger partial charge in [0.1, 0.15) is 0 Å². The molecule has 0 radical (unpaired) electrons. The van der Waals surface area contributed by atoms with Crippen LogP contribution >= 0.6 is 0 Å². The monoisotopic (exact) mass is 356 g/mol. The molecular weight excluding hydrogens is 316 g/mol. The molecule has 4 heteroatoms. The van der Waals surface area contributed by atoms with Gasteiger partial charge in [-0.05, 0) is 38.5 Å². The van der Waals surface area contributed by atoms with Crippen LogP contribution in [0.1, 0.15) is 98.3 Å². The van der Waals surface area contributed by atoms with Crippen LogP contribution in [0, 0.1) is 11.8 Å². The van der Waals surface area contributed by atoms with Crippen molar-refractivity contribution >= 4 is 11.9 Å². The van der Waals surface area contributed by atoms with Gasteiger partial charge in [-0.1, -0.05) is 58.8 Å². The number of rotatable bonds is 16. The molecule has 0 bridgehead atoms. The van der Waals surface area contributed by atoms with Crippen molar-refractivity contribution in [3.05, 3.63) is 0 Å². The molecule has 0 spiro atoms. The maximum Gasteiger partial charge on any atom is 0.305 e. The molecule has 0 amide bonds. The summed E-state index contributed by atoms with van der Waals surface area (Å²) < 4.78 is 9.95. The zero-order valence-electron chi connectivity index (χ0n) is 17.0. The van der Waals surface area contributed by atoms with Crippen LogP contribution in [0.4, 0.5) is 0 Å². The van der Waals surface area contributed by atoms with Crippen LogP contribution < -0.4 is 0 Å². The van der Waals surface area contributed by atoms with Gasteiger partial charge in [0, 0.05) is 12.8 Å². The molecule has 1 atom stereocenters. The molecule has 0 N–H and O–H groups in total. The Morgan fingerprint density at radius 2 is 1.16 bits per heavy atom. The number of esters is 2. The minimum Gasteiger partial charge on any atom is -0.466 e. The van der Waals surface area contributed by atoms with E-state index in [1.54, 1.807) is 0 Å². The lowest BCUT2D eigenvalue weighted by molar-refractivity contribution is -0.144. The van der Waals surface area contributed by atoms with Crippen LogP contribution in [0.15, 0.2) is 0 Å². The second-order valence-electron chi connectivity index (χ2n) is 7.17. The van der Waals surface area contributed by atoms with E-state index in [0.717, 1.165) is 19.3 Å². The van der Waals surface area contributed by atoms with Crippen molar-refractivity contribution in [3.63, 3.8) is 0 Å². The molecule has 0 heterocycles. The lowest BCUT2D eigenvalue weighted by atomic mass is 9.86. The summed E-state index contributed by atoms with van der Waals surface area (Å²) in [5, 5.41) is 0. The summed E-state index contributed by atoms with van der Waals surface area (Å²) in [6.07, 6.45) is 11.6. The largest absolute Gasteiger partial charge is 0.466 e. The molecule has 0 fully saturated rings. The number of carbonyl (C=O) groups excluding carboxylic acids is 2. The first-order valence-electron chi connectivity index (χ1n) is 10.3. The molecule has 0 aliphatic rings. The Hall–Kier alpha value is -1.06. The standard InChI is InChI=1S/C21H40O4/c1-5-24-20(22)15-13-11-9-7-8-10-12-14-19(18(3)4)16-17-21(23)25-6-2/h18-19H,5-17H2,1-4H3. The second-order valence-corrected chi connectivity index (χ2v) is 7.17. The second kappa shape index (κ2) is 16.4. The number of unbranched alkanes of at least 4 members (excludes halogenated alkanes) is 6. The third kappa shape index (κ3) is 14.9. The van der Waals surface area contributed by atoms with Crippen LogP contribution in [0.5, 0.6) is 0 Å². The van der Waals surface area contributed by atoms with E-state index in [1.807, 2.05) is 13.8 Å². The highest BCUT2D eigenvalue weighted by Gasteiger charge is 2.15. The van der Waals surface area contributed by atoms with Crippen molar-refractivity contribution in [1.82, 2.24) is 0 Å². The lowest BCUT2D eigenvalue weighted by Gasteiger charge is -2.20. The van der Waals surface area contributed by atoms with Gasteiger partial charge >= 0.3 is 11.9 Å². The lowest BCUT2D eigenvalue weighted by Crippen LogP contribution is -2.12. The molecule has 0 aromatic rings. The van der Waals surface area contributed by atoms with E-state index < -0.39 is 0 Å². The van der Waals surface area contributed by atoms with Gasteiger partial charge in [-0.3, -0.25) is 9.59 Å². The zero-order chi connectivity index (χ0) is 18.9. The quantitative estimate of drug-likeness (QED) is 0.264. The van der Waals surface area contributed by atoms with Crippen molar-refractivity contribution in [1.29, 1.82) is 0 Å². The maximum absolute atomic E-state index is 11.5. The van der Waals surface area contributed by atoms with Crippen molar-refractivity contribution < 1.29 is 19.1 Å². The highest BCUT2D eigenvalue weighted by Crippen LogP contribution is 2.24. The van der Waals surface area contributed by atoms with Crippen LogP contribution in [-0.4, -0.2) is 25.2 Å². The summed E-state index contributed by atoms with van der Waals surface area (Å²) in [5.41, 5.74) is 0.